The van der Waals surface area contributed by atoms with Gasteiger partial charge in [-0.2, -0.15) is 5.26 Å². The normalized spacial score (nSPS) is 13.2. The number of rotatable bonds is 4. The summed E-state index contributed by atoms with van der Waals surface area (Å²) in [6.07, 6.45) is 0. The lowest BCUT2D eigenvalue weighted by Crippen LogP contribution is -2.30. The lowest BCUT2D eigenvalue weighted by Gasteiger charge is -2.20. The Balaban J connectivity index is 2.52. The van der Waals surface area contributed by atoms with Gasteiger partial charge in [0.25, 0.3) is 0 Å². The Bertz CT molecular complexity index is 335. The van der Waals surface area contributed by atoms with E-state index in [1.54, 1.807) is 0 Å². The van der Waals surface area contributed by atoms with Gasteiger partial charge in [0.15, 0.2) is 0 Å². The smallest absolute Gasteiger partial charge is 0.0697 e. The first-order valence-corrected chi connectivity index (χ1v) is 5.25. The Kier molecular flexibility index (Phi) is 3.88. The van der Waals surface area contributed by atoms with Gasteiger partial charge in [-0.1, -0.05) is 30.3 Å². The highest BCUT2D eigenvalue weighted by Gasteiger charge is 2.17. The van der Waals surface area contributed by atoms with Gasteiger partial charge in [0.2, 0.25) is 0 Å². The van der Waals surface area contributed by atoms with E-state index in [-0.39, 0.29) is 5.41 Å². The van der Waals surface area contributed by atoms with Gasteiger partial charge in [-0.25, -0.2) is 0 Å². The average Bonchev–Trinajstić information content (AvgIpc) is 2.27. The molecular formula is C13H18N2. The second-order valence-electron chi connectivity index (χ2n) is 4.51. The van der Waals surface area contributed by atoms with Crippen molar-refractivity contribution in [2.45, 2.75) is 26.8 Å². The van der Waals surface area contributed by atoms with Crippen molar-refractivity contribution in [1.29, 1.82) is 5.26 Å². The molecule has 0 amide bonds. The maximum Gasteiger partial charge on any atom is 0.0697 e. The van der Waals surface area contributed by atoms with Crippen LogP contribution < -0.4 is 5.32 Å². The molecule has 0 spiro atoms. The van der Waals surface area contributed by atoms with Crippen LogP contribution in [0.4, 0.5) is 0 Å². The highest BCUT2D eigenvalue weighted by molar-refractivity contribution is 5.18. The van der Waals surface area contributed by atoms with E-state index < -0.39 is 0 Å². The number of hydrogen-bond donors (Lipinski definition) is 1. The quantitative estimate of drug-likeness (QED) is 0.815. The topological polar surface area (TPSA) is 35.8 Å². The molecule has 80 valence electrons. The molecule has 0 aliphatic carbocycles. The summed E-state index contributed by atoms with van der Waals surface area (Å²) in [5.41, 5.74) is 0.953. The summed E-state index contributed by atoms with van der Waals surface area (Å²) in [4.78, 5) is 0. The van der Waals surface area contributed by atoms with Crippen LogP contribution in [-0.4, -0.2) is 6.54 Å². The Hall–Kier alpha value is -1.33. The van der Waals surface area contributed by atoms with E-state index >= 15 is 0 Å². The van der Waals surface area contributed by atoms with E-state index in [9.17, 15) is 0 Å². The van der Waals surface area contributed by atoms with Gasteiger partial charge >= 0.3 is 0 Å². The Morgan fingerprint density at radius 1 is 1.33 bits per heavy atom. The van der Waals surface area contributed by atoms with E-state index in [0.717, 1.165) is 0 Å². The third-order valence-electron chi connectivity index (χ3n) is 2.45. The maximum atomic E-state index is 8.89. The van der Waals surface area contributed by atoms with Crippen molar-refractivity contribution in [3.8, 4) is 6.07 Å². The first-order chi connectivity index (χ1) is 7.05. The molecule has 1 N–H and O–H groups in total. The summed E-state index contributed by atoms with van der Waals surface area (Å²) in [5, 5.41) is 12.3. The fourth-order valence-electron chi connectivity index (χ4n) is 1.31. The van der Waals surface area contributed by atoms with Gasteiger partial charge in [0, 0.05) is 12.6 Å². The fraction of sp³-hybridized carbons (Fsp3) is 0.462. The Morgan fingerprint density at radius 2 is 1.93 bits per heavy atom. The molecule has 1 aromatic carbocycles. The van der Waals surface area contributed by atoms with E-state index in [2.05, 4.69) is 30.4 Å². The summed E-state index contributed by atoms with van der Waals surface area (Å²) in [5.74, 6) is 0. The van der Waals surface area contributed by atoms with Gasteiger partial charge in [0.05, 0.1) is 11.5 Å². The first-order valence-electron chi connectivity index (χ1n) is 5.25. The molecule has 0 fully saturated rings. The molecule has 15 heavy (non-hydrogen) atoms. The summed E-state index contributed by atoms with van der Waals surface area (Å²) in [6.45, 7) is 6.71. The minimum Gasteiger partial charge on any atom is -0.309 e. The van der Waals surface area contributed by atoms with Crippen LogP contribution in [0.3, 0.4) is 0 Å². The summed E-state index contributed by atoms with van der Waals surface area (Å²) >= 11 is 0. The van der Waals surface area contributed by atoms with Crippen LogP contribution in [0.5, 0.6) is 0 Å². The standard InChI is InChI=1S/C13H18N2/c1-11(12-7-5-4-6-8-12)15-10-13(2,3)9-14/h4-8,11,15H,10H2,1-3H3. The van der Waals surface area contributed by atoms with E-state index in [1.807, 2.05) is 32.0 Å². The average molecular weight is 202 g/mol. The molecular weight excluding hydrogens is 184 g/mol. The SMILES string of the molecule is CC(NCC(C)(C)C#N)c1ccccc1. The minimum absolute atomic E-state index is 0.291. The van der Waals surface area contributed by atoms with Crippen LogP contribution in [0, 0.1) is 16.7 Å². The van der Waals surface area contributed by atoms with Crippen molar-refractivity contribution < 1.29 is 0 Å². The van der Waals surface area contributed by atoms with Gasteiger partial charge in [-0.05, 0) is 26.3 Å². The third-order valence-corrected chi connectivity index (χ3v) is 2.45. The van der Waals surface area contributed by atoms with Crippen molar-refractivity contribution in [1.82, 2.24) is 5.32 Å². The van der Waals surface area contributed by atoms with E-state index in [0.29, 0.717) is 12.6 Å². The molecule has 1 atom stereocenters. The highest BCUT2D eigenvalue weighted by Crippen LogP contribution is 2.15. The largest absolute Gasteiger partial charge is 0.309 e. The Labute approximate surface area is 91.9 Å². The van der Waals surface area contributed by atoms with Crippen LogP contribution in [0.15, 0.2) is 30.3 Å². The molecule has 0 heterocycles. The molecule has 0 saturated carbocycles. The number of nitrogens with one attached hydrogen (secondary N) is 1. The molecule has 0 radical (unpaired) electrons. The molecule has 1 rings (SSSR count). The predicted molar refractivity (Wildman–Crippen MR) is 62.3 cm³/mol. The third kappa shape index (κ3) is 3.73. The zero-order valence-corrected chi connectivity index (χ0v) is 9.62. The molecule has 2 heteroatoms. The number of benzene rings is 1. The molecule has 0 bridgehead atoms. The number of nitriles is 1. The second-order valence-corrected chi connectivity index (χ2v) is 4.51. The summed E-state index contributed by atoms with van der Waals surface area (Å²) in [6, 6.07) is 12.8. The fourth-order valence-corrected chi connectivity index (χ4v) is 1.31. The van der Waals surface area contributed by atoms with Gasteiger partial charge in [0.1, 0.15) is 0 Å². The van der Waals surface area contributed by atoms with Crippen LogP contribution in [-0.2, 0) is 0 Å². The maximum absolute atomic E-state index is 8.89. The van der Waals surface area contributed by atoms with E-state index in [4.69, 9.17) is 5.26 Å². The highest BCUT2D eigenvalue weighted by atomic mass is 14.9. The van der Waals surface area contributed by atoms with E-state index in [1.165, 1.54) is 5.56 Å². The molecule has 1 aromatic rings. The molecule has 2 nitrogen and oxygen atoms in total. The molecule has 0 saturated heterocycles. The zero-order chi connectivity index (χ0) is 11.3. The minimum atomic E-state index is -0.303. The number of hydrogen-bond acceptors (Lipinski definition) is 2. The molecule has 0 aromatic heterocycles. The van der Waals surface area contributed by atoms with Crippen molar-refractivity contribution in [3.63, 3.8) is 0 Å². The van der Waals surface area contributed by atoms with Crippen molar-refractivity contribution in [2.75, 3.05) is 6.54 Å². The van der Waals surface area contributed by atoms with Gasteiger partial charge in [-0.3, -0.25) is 0 Å². The molecule has 0 aliphatic heterocycles. The first kappa shape index (κ1) is 11.7. The second kappa shape index (κ2) is 4.95. The van der Waals surface area contributed by atoms with Crippen LogP contribution in [0.1, 0.15) is 32.4 Å². The molecule has 1 unspecified atom stereocenters. The monoisotopic (exact) mass is 202 g/mol. The van der Waals surface area contributed by atoms with Gasteiger partial charge < -0.3 is 5.32 Å². The summed E-state index contributed by atoms with van der Waals surface area (Å²) in [7, 11) is 0. The van der Waals surface area contributed by atoms with Crippen molar-refractivity contribution in [3.05, 3.63) is 35.9 Å². The zero-order valence-electron chi connectivity index (χ0n) is 9.62. The predicted octanol–water partition coefficient (Wildman–Crippen LogP) is 2.89. The summed E-state index contributed by atoms with van der Waals surface area (Å²) < 4.78 is 0. The van der Waals surface area contributed by atoms with Crippen LogP contribution >= 0.6 is 0 Å². The lowest BCUT2D eigenvalue weighted by atomic mass is 9.95. The molecule has 0 aliphatic rings. The van der Waals surface area contributed by atoms with Crippen molar-refractivity contribution in [2.24, 2.45) is 5.41 Å². The lowest BCUT2D eigenvalue weighted by molar-refractivity contribution is 0.415. The Morgan fingerprint density at radius 3 is 2.47 bits per heavy atom. The van der Waals surface area contributed by atoms with Crippen LogP contribution in [0.25, 0.3) is 0 Å². The van der Waals surface area contributed by atoms with Crippen LogP contribution in [0.2, 0.25) is 0 Å². The number of nitrogens with zero attached hydrogens (tertiary/aromatic N) is 1. The van der Waals surface area contributed by atoms with Crippen molar-refractivity contribution >= 4 is 0 Å². The van der Waals surface area contributed by atoms with Gasteiger partial charge in [-0.15, -0.1) is 0 Å².